The molecule has 0 unspecified atom stereocenters. The van der Waals surface area contributed by atoms with Crippen molar-refractivity contribution in [2.45, 2.75) is 31.7 Å². The summed E-state index contributed by atoms with van der Waals surface area (Å²) in [5, 5.41) is 5.34. The molecule has 2 amide bonds. The molecule has 0 saturated carbocycles. The van der Waals surface area contributed by atoms with Crippen LogP contribution in [-0.2, 0) is 19.6 Å². The SMILES string of the molecule is CC(=O)N[C@H](C(=O)Nc1ccc(NS(=O)(=O)c2ccc3c(c2)OCCO3)cc1)C(C)C. The number of sulfonamides is 1. The van der Waals surface area contributed by atoms with Gasteiger partial charge in [-0.1, -0.05) is 13.8 Å². The molecule has 0 bridgehead atoms. The Hall–Kier alpha value is -3.27. The molecule has 0 aromatic heterocycles. The smallest absolute Gasteiger partial charge is 0.262 e. The first kappa shape index (κ1) is 22.4. The Morgan fingerprint density at radius 3 is 2.16 bits per heavy atom. The Bertz CT molecular complexity index is 1070. The maximum atomic E-state index is 12.7. The molecule has 2 aromatic carbocycles. The minimum atomic E-state index is -3.84. The van der Waals surface area contributed by atoms with Gasteiger partial charge in [0.15, 0.2) is 11.5 Å². The van der Waals surface area contributed by atoms with E-state index in [-0.39, 0.29) is 22.6 Å². The maximum absolute atomic E-state index is 12.7. The van der Waals surface area contributed by atoms with Crippen molar-refractivity contribution >= 4 is 33.2 Å². The third kappa shape index (κ3) is 5.66. The van der Waals surface area contributed by atoms with E-state index in [1.165, 1.54) is 31.2 Å². The zero-order valence-electron chi connectivity index (χ0n) is 17.5. The second kappa shape index (κ2) is 9.25. The number of carbonyl (C=O) groups excluding carboxylic acids is 2. The average Bonchev–Trinajstić information content (AvgIpc) is 2.72. The van der Waals surface area contributed by atoms with Crippen molar-refractivity contribution in [3.05, 3.63) is 42.5 Å². The number of carbonyl (C=O) groups is 2. The van der Waals surface area contributed by atoms with Gasteiger partial charge in [0.25, 0.3) is 10.0 Å². The number of hydrogen-bond acceptors (Lipinski definition) is 6. The topological polar surface area (TPSA) is 123 Å². The van der Waals surface area contributed by atoms with Crippen LogP contribution in [0.2, 0.25) is 0 Å². The molecule has 9 nitrogen and oxygen atoms in total. The van der Waals surface area contributed by atoms with E-state index in [0.29, 0.717) is 36.1 Å². The lowest BCUT2D eigenvalue weighted by molar-refractivity contribution is -0.126. The maximum Gasteiger partial charge on any atom is 0.262 e. The zero-order valence-corrected chi connectivity index (χ0v) is 18.3. The number of rotatable bonds is 7. The van der Waals surface area contributed by atoms with Crippen LogP contribution in [-0.4, -0.2) is 39.5 Å². The summed E-state index contributed by atoms with van der Waals surface area (Å²) in [5.41, 5.74) is 0.804. The van der Waals surface area contributed by atoms with Crippen molar-refractivity contribution in [2.24, 2.45) is 5.92 Å². The second-order valence-corrected chi connectivity index (χ2v) is 9.08. The fourth-order valence-corrected chi connectivity index (χ4v) is 4.07. The van der Waals surface area contributed by atoms with E-state index < -0.39 is 16.1 Å². The highest BCUT2D eigenvalue weighted by Crippen LogP contribution is 2.32. The van der Waals surface area contributed by atoms with Crippen molar-refractivity contribution in [3.8, 4) is 11.5 Å². The molecule has 166 valence electrons. The predicted molar refractivity (Wildman–Crippen MR) is 116 cm³/mol. The number of nitrogens with one attached hydrogen (secondary N) is 3. The summed E-state index contributed by atoms with van der Waals surface area (Å²) in [7, 11) is -3.84. The van der Waals surface area contributed by atoms with Crippen LogP contribution in [0.3, 0.4) is 0 Å². The van der Waals surface area contributed by atoms with Crippen LogP contribution in [0, 0.1) is 5.92 Å². The van der Waals surface area contributed by atoms with Gasteiger partial charge in [-0.2, -0.15) is 0 Å². The summed E-state index contributed by atoms with van der Waals surface area (Å²) in [6.07, 6.45) is 0. The van der Waals surface area contributed by atoms with Gasteiger partial charge in [0.1, 0.15) is 19.3 Å². The monoisotopic (exact) mass is 447 g/mol. The molecule has 3 rings (SSSR count). The largest absolute Gasteiger partial charge is 0.486 e. The molecule has 3 N–H and O–H groups in total. The average molecular weight is 448 g/mol. The number of anilines is 2. The van der Waals surface area contributed by atoms with Crippen LogP contribution in [0.4, 0.5) is 11.4 Å². The lowest BCUT2D eigenvalue weighted by Gasteiger charge is -2.21. The van der Waals surface area contributed by atoms with E-state index >= 15 is 0 Å². The molecule has 1 aliphatic heterocycles. The summed E-state index contributed by atoms with van der Waals surface area (Å²) < 4.78 is 38.7. The Morgan fingerprint density at radius 1 is 0.935 bits per heavy atom. The van der Waals surface area contributed by atoms with E-state index in [9.17, 15) is 18.0 Å². The number of fused-ring (bicyclic) bond motifs is 1. The van der Waals surface area contributed by atoms with Crippen LogP contribution < -0.4 is 24.8 Å². The van der Waals surface area contributed by atoms with Crippen molar-refractivity contribution in [1.29, 1.82) is 0 Å². The van der Waals surface area contributed by atoms with E-state index in [0.717, 1.165) is 0 Å². The lowest BCUT2D eigenvalue weighted by atomic mass is 10.0. The normalized spacial score (nSPS) is 13.9. The quantitative estimate of drug-likeness (QED) is 0.599. The highest BCUT2D eigenvalue weighted by Gasteiger charge is 2.23. The molecule has 0 aliphatic carbocycles. The van der Waals surface area contributed by atoms with E-state index in [2.05, 4.69) is 15.4 Å². The molecular weight excluding hydrogens is 422 g/mol. The molecule has 1 aliphatic rings. The molecule has 0 radical (unpaired) electrons. The van der Waals surface area contributed by atoms with E-state index in [4.69, 9.17) is 9.47 Å². The van der Waals surface area contributed by atoms with Crippen LogP contribution >= 0.6 is 0 Å². The zero-order chi connectivity index (χ0) is 22.6. The molecule has 10 heteroatoms. The summed E-state index contributed by atoms with van der Waals surface area (Å²) in [6, 6.07) is 9.96. The van der Waals surface area contributed by atoms with Gasteiger partial charge in [0, 0.05) is 24.4 Å². The van der Waals surface area contributed by atoms with Gasteiger partial charge < -0.3 is 20.1 Å². The molecular formula is C21H25N3O6S. The van der Waals surface area contributed by atoms with Gasteiger partial charge >= 0.3 is 0 Å². The molecule has 0 saturated heterocycles. The third-order valence-electron chi connectivity index (χ3n) is 4.54. The fourth-order valence-electron chi connectivity index (χ4n) is 3.00. The molecule has 2 aromatic rings. The van der Waals surface area contributed by atoms with Crippen LogP contribution in [0.25, 0.3) is 0 Å². The van der Waals surface area contributed by atoms with Crippen molar-refractivity contribution in [1.82, 2.24) is 5.32 Å². The van der Waals surface area contributed by atoms with Crippen LogP contribution in [0.1, 0.15) is 20.8 Å². The Kier molecular flexibility index (Phi) is 6.69. The van der Waals surface area contributed by atoms with Crippen molar-refractivity contribution < 1.29 is 27.5 Å². The second-order valence-electron chi connectivity index (χ2n) is 7.40. The number of benzene rings is 2. The predicted octanol–water partition coefficient (Wildman–Crippen LogP) is 2.36. The van der Waals surface area contributed by atoms with Crippen molar-refractivity contribution in [2.75, 3.05) is 23.3 Å². The summed E-state index contributed by atoms with van der Waals surface area (Å²) in [5.74, 6) is 0.142. The number of amides is 2. The molecule has 1 heterocycles. The molecule has 31 heavy (non-hydrogen) atoms. The van der Waals surface area contributed by atoms with E-state index in [1.807, 2.05) is 13.8 Å². The molecule has 0 fully saturated rings. The first-order valence-corrected chi connectivity index (χ1v) is 11.2. The summed E-state index contributed by atoms with van der Waals surface area (Å²) in [6.45, 7) is 5.79. The minimum absolute atomic E-state index is 0.0456. The van der Waals surface area contributed by atoms with Gasteiger partial charge in [-0.3, -0.25) is 14.3 Å². The summed E-state index contributed by atoms with van der Waals surface area (Å²) >= 11 is 0. The molecule has 0 spiro atoms. The Morgan fingerprint density at radius 2 is 1.55 bits per heavy atom. The third-order valence-corrected chi connectivity index (χ3v) is 5.92. The van der Waals surface area contributed by atoms with Gasteiger partial charge in [-0.15, -0.1) is 0 Å². The van der Waals surface area contributed by atoms with Crippen LogP contribution in [0.5, 0.6) is 11.5 Å². The minimum Gasteiger partial charge on any atom is -0.486 e. The van der Waals surface area contributed by atoms with Gasteiger partial charge in [-0.25, -0.2) is 8.42 Å². The van der Waals surface area contributed by atoms with Crippen molar-refractivity contribution in [3.63, 3.8) is 0 Å². The Labute approximate surface area is 181 Å². The van der Waals surface area contributed by atoms with Gasteiger partial charge in [0.2, 0.25) is 11.8 Å². The molecule has 1 atom stereocenters. The first-order chi connectivity index (χ1) is 14.7. The standard InChI is InChI=1S/C21H25N3O6S/c1-13(2)20(22-14(3)25)21(26)23-15-4-6-16(7-5-15)24-31(27,28)17-8-9-18-19(12-17)30-11-10-29-18/h4-9,12-13,20,24H,10-11H2,1-3H3,(H,22,25)(H,23,26)/t20-/m0/s1. The van der Waals surface area contributed by atoms with Gasteiger partial charge in [-0.05, 0) is 42.3 Å². The highest BCUT2D eigenvalue weighted by molar-refractivity contribution is 7.92. The lowest BCUT2D eigenvalue weighted by Crippen LogP contribution is -2.46. The van der Waals surface area contributed by atoms with Crippen LogP contribution in [0.15, 0.2) is 47.4 Å². The number of hydrogen-bond donors (Lipinski definition) is 3. The highest BCUT2D eigenvalue weighted by atomic mass is 32.2. The first-order valence-electron chi connectivity index (χ1n) is 9.76. The Balaban J connectivity index is 1.68. The van der Waals surface area contributed by atoms with Gasteiger partial charge in [0.05, 0.1) is 4.90 Å². The van der Waals surface area contributed by atoms with E-state index in [1.54, 1.807) is 18.2 Å². The number of ether oxygens (including phenoxy) is 2. The summed E-state index contributed by atoms with van der Waals surface area (Å²) in [4.78, 5) is 23.8. The fraction of sp³-hybridized carbons (Fsp3) is 0.333.